The van der Waals surface area contributed by atoms with Gasteiger partial charge in [0.05, 0.1) is 7.11 Å². The fourth-order valence-electron chi connectivity index (χ4n) is 1.53. The number of nitrogens with zero attached hydrogens (tertiary/aromatic N) is 1. The summed E-state index contributed by atoms with van der Waals surface area (Å²) in [6, 6.07) is 3.36. The highest BCUT2D eigenvalue weighted by atomic mass is 16.5. The number of aromatic nitrogens is 1. The predicted molar refractivity (Wildman–Crippen MR) is 69.6 cm³/mol. The maximum absolute atomic E-state index is 11.5. The molecule has 0 unspecified atom stereocenters. The van der Waals surface area contributed by atoms with Crippen molar-refractivity contribution in [2.24, 2.45) is 5.41 Å². The van der Waals surface area contributed by atoms with Crippen molar-refractivity contribution in [2.75, 3.05) is 25.6 Å². The second kappa shape index (κ2) is 6.35. The fourth-order valence-corrected chi connectivity index (χ4v) is 1.53. The molecule has 0 radical (unpaired) electrons. The highest BCUT2D eigenvalue weighted by molar-refractivity contribution is 5.94. The molecule has 0 atom stereocenters. The predicted octanol–water partition coefficient (Wildman–Crippen LogP) is 1.69. The Bertz CT molecular complexity index is 405. The molecule has 1 heterocycles. The number of carbonyl (C=O) groups is 1. The van der Waals surface area contributed by atoms with Crippen LogP contribution in [0.25, 0.3) is 0 Å². The number of esters is 1. The molecule has 1 aromatic rings. The van der Waals surface area contributed by atoms with Crippen LogP contribution in [0.3, 0.4) is 0 Å². The van der Waals surface area contributed by atoms with Crippen molar-refractivity contribution in [3.05, 3.63) is 23.9 Å². The van der Waals surface area contributed by atoms with Crippen LogP contribution < -0.4 is 5.32 Å². The Labute approximate surface area is 107 Å². The van der Waals surface area contributed by atoms with Crippen LogP contribution in [0.1, 0.15) is 30.6 Å². The Morgan fingerprint density at radius 3 is 2.89 bits per heavy atom. The molecule has 0 amide bonds. The maximum atomic E-state index is 11.5. The summed E-state index contributed by atoms with van der Waals surface area (Å²) < 4.78 is 4.70. The summed E-state index contributed by atoms with van der Waals surface area (Å²) in [6.45, 7) is 4.84. The summed E-state index contributed by atoms with van der Waals surface area (Å²) >= 11 is 0. The standard InChI is InChI=1S/C13H20N2O3/c1-13(2,6-8-16)9-15-11-10(12(17)18-3)5-4-7-14-11/h4-5,7,16H,6,8-9H2,1-3H3,(H,14,15). The molecule has 0 aromatic carbocycles. The van der Waals surface area contributed by atoms with Gasteiger partial charge < -0.3 is 15.2 Å². The van der Waals surface area contributed by atoms with E-state index < -0.39 is 5.97 Å². The Morgan fingerprint density at radius 1 is 1.56 bits per heavy atom. The molecule has 0 aliphatic rings. The minimum atomic E-state index is -0.412. The lowest BCUT2D eigenvalue weighted by Gasteiger charge is -2.24. The summed E-state index contributed by atoms with van der Waals surface area (Å²) in [7, 11) is 1.34. The highest BCUT2D eigenvalue weighted by Gasteiger charge is 2.19. The van der Waals surface area contributed by atoms with Crippen molar-refractivity contribution in [1.29, 1.82) is 0 Å². The zero-order valence-electron chi connectivity index (χ0n) is 11.1. The van der Waals surface area contributed by atoms with Gasteiger partial charge in [0, 0.05) is 19.3 Å². The van der Waals surface area contributed by atoms with E-state index >= 15 is 0 Å². The Morgan fingerprint density at radius 2 is 2.28 bits per heavy atom. The summed E-state index contributed by atoms with van der Waals surface area (Å²) in [6.07, 6.45) is 2.30. The van der Waals surface area contributed by atoms with Gasteiger partial charge in [-0.25, -0.2) is 9.78 Å². The molecular weight excluding hydrogens is 232 g/mol. The molecule has 1 rings (SSSR count). The van der Waals surface area contributed by atoms with E-state index in [9.17, 15) is 4.79 Å². The monoisotopic (exact) mass is 252 g/mol. The molecule has 100 valence electrons. The third-order valence-electron chi connectivity index (χ3n) is 2.74. The molecule has 1 aromatic heterocycles. The fraction of sp³-hybridized carbons (Fsp3) is 0.538. The van der Waals surface area contributed by atoms with Gasteiger partial charge in [-0.05, 0) is 24.0 Å². The van der Waals surface area contributed by atoms with E-state index in [0.717, 1.165) is 0 Å². The van der Waals surface area contributed by atoms with Crippen molar-refractivity contribution < 1.29 is 14.6 Å². The van der Waals surface area contributed by atoms with Crippen molar-refractivity contribution in [3.8, 4) is 0 Å². The maximum Gasteiger partial charge on any atom is 0.341 e. The van der Waals surface area contributed by atoms with Crippen molar-refractivity contribution in [1.82, 2.24) is 4.98 Å². The van der Waals surface area contributed by atoms with Gasteiger partial charge in [0.25, 0.3) is 0 Å². The van der Waals surface area contributed by atoms with Crippen LogP contribution in [-0.4, -0.2) is 36.3 Å². The van der Waals surface area contributed by atoms with Gasteiger partial charge in [0.2, 0.25) is 0 Å². The molecule has 0 saturated heterocycles. The minimum absolute atomic E-state index is 0.0698. The summed E-state index contributed by atoms with van der Waals surface area (Å²) in [5.41, 5.74) is 0.347. The number of hydrogen-bond donors (Lipinski definition) is 2. The van der Waals surface area contributed by atoms with E-state index in [0.29, 0.717) is 24.3 Å². The van der Waals surface area contributed by atoms with Gasteiger partial charge in [-0.15, -0.1) is 0 Å². The second-order valence-electron chi connectivity index (χ2n) is 4.88. The number of nitrogens with one attached hydrogen (secondary N) is 1. The number of methoxy groups -OCH3 is 1. The third-order valence-corrected chi connectivity index (χ3v) is 2.74. The minimum Gasteiger partial charge on any atom is -0.465 e. The molecule has 5 nitrogen and oxygen atoms in total. The van der Waals surface area contributed by atoms with E-state index in [1.807, 2.05) is 13.8 Å². The van der Waals surface area contributed by atoms with E-state index in [4.69, 9.17) is 9.84 Å². The molecule has 0 aliphatic heterocycles. The first-order valence-electron chi connectivity index (χ1n) is 5.88. The number of aliphatic hydroxyl groups is 1. The lowest BCUT2D eigenvalue weighted by molar-refractivity contribution is 0.0601. The molecule has 0 bridgehead atoms. The highest BCUT2D eigenvalue weighted by Crippen LogP contribution is 2.21. The van der Waals surface area contributed by atoms with E-state index in [2.05, 4.69) is 10.3 Å². The number of anilines is 1. The van der Waals surface area contributed by atoms with Crippen LogP contribution in [-0.2, 0) is 4.74 Å². The summed E-state index contributed by atoms with van der Waals surface area (Å²) in [4.78, 5) is 15.7. The topological polar surface area (TPSA) is 71.5 Å². The quantitative estimate of drug-likeness (QED) is 0.754. The summed E-state index contributed by atoms with van der Waals surface area (Å²) in [5, 5.41) is 12.1. The Balaban J connectivity index is 2.76. The molecular formula is C13H20N2O3. The zero-order valence-corrected chi connectivity index (χ0v) is 11.1. The van der Waals surface area contributed by atoms with Crippen LogP contribution in [0, 0.1) is 5.41 Å². The first-order valence-corrected chi connectivity index (χ1v) is 5.88. The van der Waals surface area contributed by atoms with Crippen molar-refractivity contribution >= 4 is 11.8 Å². The molecule has 0 saturated carbocycles. The van der Waals surface area contributed by atoms with Crippen molar-refractivity contribution in [3.63, 3.8) is 0 Å². The van der Waals surface area contributed by atoms with Gasteiger partial charge in [-0.2, -0.15) is 0 Å². The number of rotatable bonds is 6. The van der Waals surface area contributed by atoms with E-state index in [1.54, 1.807) is 18.3 Å². The van der Waals surface area contributed by atoms with E-state index in [1.165, 1.54) is 7.11 Å². The number of pyridine rings is 1. The van der Waals surface area contributed by atoms with Gasteiger partial charge >= 0.3 is 5.97 Å². The SMILES string of the molecule is COC(=O)c1cccnc1NCC(C)(C)CCO. The third kappa shape index (κ3) is 4.00. The Kier molecular flexibility index (Phi) is 5.09. The number of aliphatic hydroxyl groups excluding tert-OH is 1. The van der Waals surface area contributed by atoms with Crippen LogP contribution in [0.15, 0.2) is 18.3 Å². The lowest BCUT2D eigenvalue weighted by Crippen LogP contribution is -2.25. The van der Waals surface area contributed by atoms with Crippen LogP contribution >= 0.6 is 0 Å². The van der Waals surface area contributed by atoms with E-state index in [-0.39, 0.29) is 12.0 Å². The molecule has 0 fully saturated rings. The van der Waals surface area contributed by atoms with Gasteiger partial charge in [0.15, 0.2) is 0 Å². The largest absolute Gasteiger partial charge is 0.465 e. The van der Waals surface area contributed by atoms with Crippen LogP contribution in [0.2, 0.25) is 0 Å². The second-order valence-corrected chi connectivity index (χ2v) is 4.88. The Hall–Kier alpha value is -1.62. The molecule has 2 N–H and O–H groups in total. The van der Waals surface area contributed by atoms with Crippen molar-refractivity contribution in [2.45, 2.75) is 20.3 Å². The van der Waals surface area contributed by atoms with Gasteiger partial charge in [0.1, 0.15) is 11.4 Å². The molecule has 18 heavy (non-hydrogen) atoms. The number of ether oxygens (including phenoxy) is 1. The molecule has 0 aliphatic carbocycles. The molecule has 0 spiro atoms. The lowest BCUT2D eigenvalue weighted by atomic mass is 9.90. The van der Waals surface area contributed by atoms with Crippen LogP contribution in [0.4, 0.5) is 5.82 Å². The number of hydrogen-bond acceptors (Lipinski definition) is 5. The summed E-state index contributed by atoms with van der Waals surface area (Å²) in [5.74, 6) is 0.0981. The normalized spacial score (nSPS) is 11.1. The average Bonchev–Trinajstić information content (AvgIpc) is 2.36. The van der Waals surface area contributed by atoms with Gasteiger partial charge in [-0.1, -0.05) is 13.8 Å². The zero-order chi connectivity index (χ0) is 13.6. The number of carbonyl (C=O) groups excluding carboxylic acids is 1. The first-order chi connectivity index (χ1) is 8.50. The molecule has 5 heteroatoms. The average molecular weight is 252 g/mol. The smallest absolute Gasteiger partial charge is 0.341 e. The first kappa shape index (κ1) is 14.4. The van der Waals surface area contributed by atoms with Crippen LogP contribution in [0.5, 0.6) is 0 Å². The van der Waals surface area contributed by atoms with Gasteiger partial charge in [-0.3, -0.25) is 0 Å².